The van der Waals surface area contributed by atoms with E-state index < -0.39 is 0 Å². The number of carbonyl (C=O) groups is 1. The number of aromatic nitrogens is 3. The van der Waals surface area contributed by atoms with Crippen molar-refractivity contribution in [1.29, 1.82) is 0 Å². The second-order valence-electron chi connectivity index (χ2n) is 5.07. The molecule has 1 aliphatic rings. The van der Waals surface area contributed by atoms with Crippen molar-refractivity contribution in [2.45, 2.75) is 31.8 Å². The second kappa shape index (κ2) is 5.06. The first-order valence-electron chi connectivity index (χ1n) is 6.18. The molecule has 0 aliphatic heterocycles. The molecule has 0 spiro atoms. The molecule has 1 aromatic heterocycles. The van der Waals surface area contributed by atoms with Crippen molar-refractivity contribution in [2.24, 2.45) is 5.92 Å². The van der Waals surface area contributed by atoms with Gasteiger partial charge in [-0.2, -0.15) is 5.10 Å². The van der Waals surface area contributed by atoms with Gasteiger partial charge in [0.25, 0.3) is 0 Å². The minimum Gasteiger partial charge on any atom is -0.382 e. The molecule has 0 bridgehead atoms. The smallest absolute Gasteiger partial charge is 0.227 e. The van der Waals surface area contributed by atoms with Crippen molar-refractivity contribution in [3.05, 3.63) is 12.7 Å². The highest BCUT2D eigenvalue weighted by Crippen LogP contribution is 2.41. The predicted octanol–water partition coefficient (Wildman–Crippen LogP) is 0.552. The zero-order valence-corrected chi connectivity index (χ0v) is 11.2. The van der Waals surface area contributed by atoms with E-state index in [1.807, 2.05) is 18.9 Å². The lowest BCUT2D eigenvalue weighted by Gasteiger charge is -2.30. The minimum atomic E-state index is -0.106. The maximum atomic E-state index is 12.3. The van der Waals surface area contributed by atoms with Crippen LogP contribution < -0.4 is 0 Å². The summed E-state index contributed by atoms with van der Waals surface area (Å²) in [5.74, 6) is 0.0334. The fourth-order valence-electron chi connectivity index (χ4n) is 2.24. The Morgan fingerprint density at radius 1 is 1.61 bits per heavy atom. The first kappa shape index (κ1) is 13.0. The first-order valence-corrected chi connectivity index (χ1v) is 6.18. The van der Waals surface area contributed by atoms with E-state index in [1.165, 1.54) is 6.33 Å². The Morgan fingerprint density at radius 2 is 2.33 bits per heavy atom. The molecule has 100 valence electrons. The van der Waals surface area contributed by atoms with Crippen molar-refractivity contribution < 1.29 is 9.53 Å². The molecule has 0 N–H and O–H groups in total. The summed E-state index contributed by atoms with van der Waals surface area (Å²) in [6.07, 6.45) is 5.16. The van der Waals surface area contributed by atoms with Crippen LogP contribution in [0.3, 0.4) is 0 Å². The largest absolute Gasteiger partial charge is 0.382 e. The van der Waals surface area contributed by atoms with Gasteiger partial charge in [0.05, 0.1) is 24.6 Å². The molecule has 2 rings (SSSR count). The highest BCUT2D eigenvalue weighted by atomic mass is 16.5. The Kier molecular flexibility index (Phi) is 3.65. The van der Waals surface area contributed by atoms with Gasteiger partial charge < -0.3 is 9.64 Å². The van der Waals surface area contributed by atoms with Crippen molar-refractivity contribution in [3.8, 4) is 0 Å². The van der Waals surface area contributed by atoms with Gasteiger partial charge in [-0.25, -0.2) is 4.98 Å². The molecular formula is C12H20N4O2. The molecule has 0 unspecified atom stereocenters. The molecule has 1 heterocycles. The summed E-state index contributed by atoms with van der Waals surface area (Å²) in [5, 5.41) is 4.02. The summed E-state index contributed by atoms with van der Waals surface area (Å²) < 4.78 is 6.89. The minimum absolute atomic E-state index is 0.0670. The Hall–Kier alpha value is -1.43. The number of ether oxygens (including phenoxy) is 1. The predicted molar refractivity (Wildman–Crippen MR) is 65.8 cm³/mol. The molecule has 0 saturated heterocycles. The van der Waals surface area contributed by atoms with Crippen LogP contribution in [0, 0.1) is 5.92 Å². The van der Waals surface area contributed by atoms with Gasteiger partial charge in [-0.1, -0.05) is 6.92 Å². The van der Waals surface area contributed by atoms with E-state index in [0.717, 1.165) is 12.8 Å². The van der Waals surface area contributed by atoms with Crippen molar-refractivity contribution in [1.82, 2.24) is 19.7 Å². The van der Waals surface area contributed by atoms with Crippen LogP contribution in [0.5, 0.6) is 0 Å². The summed E-state index contributed by atoms with van der Waals surface area (Å²) in [7, 11) is 3.55. The van der Waals surface area contributed by atoms with E-state index in [9.17, 15) is 4.79 Å². The number of rotatable bonds is 6. The zero-order valence-electron chi connectivity index (χ0n) is 11.2. The van der Waals surface area contributed by atoms with Gasteiger partial charge in [0.2, 0.25) is 5.91 Å². The molecule has 18 heavy (non-hydrogen) atoms. The zero-order chi connectivity index (χ0) is 13.2. The van der Waals surface area contributed by atoms with Crippen LogP contribution in [0.4, 0.5) is 0 Å². The number of hydrogen-bond acceptors (Lipinski definition) is 4. The third kappa shape index (κ3) is 2.53. The Morgan fingerprint density at radius 3 is 2.83 bits per heavy atom. The van der Waals surface area contributed by atoms with Crippen molar-refractivity contribution in [2.75, 3.05) is 20.8 Å². The molecule has 1 fully saturated rings. The molecule has 1 atom stereocenters. The van der Waals surface area contributed by atoms with E-state index >= 15 is 0 Å². The lowest BCUT2D eigenvalue weighted by atomic mass is 10.1. The number of amides is 1. The summed E-state index contributed by atoms with van der Waals surface area (Å²) in [6.45, 7) is 3.10. The average Bonchev–Trinajstić information content (AvgIpc) is 2.96. The fraction of sp³-hybridized carbons (Fsp3) is 0.750. The number of nitrogens with zero attached hydrogens (tertiary/aromatic N) is 4. The maximum Gasteiger partial charge on any atom is 0.227 e. The highest BCUT2D eigenvalue weighted by Gasteiger charge is 2.49. The number of hydrogen-bond donors (Lipinski definition) is 0. The van der Waals surface area contributed by atoms with Crippen molar-refractivity contribution >= 4 is 5.91 Å². The SMILES string of the molecule is COCC1(N(C)C(=O)[C@@H](C)Cn2cncn2)CC1. The van der Waals surface area contributed by atoms with E-state index in [4.69, 9.17) is 4.74 Å². The van der Waals surface area contributed by atoms with E-state index in [-0.39, 0.29) is 17.4 Å². The van der Waals surface area contributed by atoms with Crippen LogP contribution in [0.15, 0.2) is 12.7 Å². The summed E-state index contributed by atoms with van der Waals surface area (Å²) in [5.41, 5.74) is -0.0670. The standard InChI is InChI=1S/C12H20N4O2/c1-10(6-16-9-13-8-14-16)11(17)15(2)12(4-5-12)7-18-3/h8-10H,4-7H2,1-3H3/t10-/m0/s1. The monoisotopic (exact) mass is 252 g/mol. The molecule has 1 aromatic rings. The van der Waals surface area contributed by atoms with E-state index in [0.29, 0.717) is 13.2 Å². The Balaban J connectivity index is 1.94. The number of methoxy groups -OCH3 is 1. The summed E-state index contributed by atoms with van der Waals surface area (Å²) in [6, 6.07) is 0. The molecule has 6 heteroatoms. The molecule has 0 aromatic carbocycles. The van der Waals surface area contributed by atoms with E-state index in [2.05, 4.69) is 10.1 Å². The highest BCUT2D eigenvalue weighted by molar-refractivity contribution is 5.79. The first-order chi connectivity index (χ1) is 8.59. The third-order valence-electron chi connectivity index (χ3n) is 3.63. The second-order valence-corrected chi connectivity index (χ2v) is 5.07. The van der Waals surface area contributed by atoms with Crippen LogP contribution in [0.25, 0.3) is 0 Å². The lowest BCUT2D eigenvalue weighted by molar-refractivity contribution is -0.138. The summed E-state index contributed by atoms with van der Waals surface area (Å²) >= 11 is 0. The molecule has 6 nitrogen and oxygen atoms in total. The molecular weight excluding hydrogens is 232 g/mol. The van der Waals surface area contributed by atoms with Gasteiger partial charge in [-0.15, -0.1) is 0 Å². The van der Waals surface area contributed by atoms with Crippen LogP contribution in [-0.2, 0) is 16.1 Å². The maximum absolute atomic E-state index is 12.3. The van der Waals surface area contributed by atoms with E-state index in [1.54, 1.807) is 18.1 Å². The van der Waals surface area contributed by atoms with Gasteiger partial charge in [0.1, 0.15) is 12.7 Å². The normalized spacial score (nSPS) is 18.4. The van der Waals surface area contributed by atoms with Gasteiger partial charge in [-0.3, -0.25) is 9.48 Å². The Labute approximate surface area is 107 Å². The number of carbonyl (C=O) groups excluding carboxylic acids is 1. The van der Waals surface area contributed by atoms with Crippen molar-refractivity contribution in [3.63, 3.8) is 0 Å². The third-order valence-corrected chi connectivity index (χ3v) is 3.63. The topological polar surface area (TPSA) is 60.2 Å². The lowest BCUT2D eigenvalue weighted by Crippen LogP contribution is -2.45. The molecule has 1 amide bonds. The molecule has 0 radical (unpaired) electrons. The molecule has 1 saturated carbocycles. The van der Waals surface area contributed by atoms with Gasteiger partial charge in [0.15, 0.2) is 0 Å². The van der Waals surface area contributed by atoms with Crippen LogP contribution >= 0.6 is 0 Å². The quantitative estimate of drug-likeness (QED) is 0.742. The van der Waals surface area contributed by atoms with Gasteiger partial charge >= 0.3 is 0 Å². The average molecular weight is 252 g/mol. The molecule has 1 aliphatic carbocycles. The van der Waals surface area contributed by atoms with Crippen LogP contribution in [-0.4, -0.2) is 51.9 Å². The fourth-order valence-corrected chi connectivity index (χ4v) is 2.24. The van der Waals surface area contributed by atoms with Gasteiger partial charge in [0, 0.05) is 14.2 Å². The van der Waals surface area contributed by atoms with Crippen LogP contribution in [0.2, 0.25) is 0 Å². The summed E-state index contributed by atoms with van der Waals surface area (Å²) in [4.78, 5) is 18.1. The van der Waals surface area contributed by atoms with Crippen LogP contribution in [0.1, 0.15) is 19.8 Å². The van der Waals surface area contributed by atoms with Gasteiger partial charge in [-0.05, 0) is 12.8 Å². The number of likely N-dealkylation sites (N-methyl/N-ethyl adjacent to an activating group) is 1. The Bertz CT molecular complexity index is 400.